The van der Waals surface area contributed by atoms with Crippen molar-refractivity contribution < 1.29 is 0 Å². The van der Waals surface area contributed by atoms with E-state index in [0.717, 1.165) is 24.6 Å². The Morgan fingerprint density at radius 1 is 1.29 bits per heavy atom. The van der Waals surface area contributed by atoms with E-state index in [9.17, 15) is 0 Å². The summed E-state index contributed by atoms with van der Waals surface area (Å²) in [5, 5.41) is 12.0. The second-order valence-electron chi connectivity index (χ2n) is 3.88. The summed E-state index contributed by atoms with van der Waals surface area (Å²) >= 11 is 0. The molecule has 0 aromatic heterocycles. The Morgan fingerprint density at radius 2 is 2.00 bits per heavy atom. The van der Waals surface area contributed by atoms with Crippen LogP contribution in [-0.4, -0.2) is 6.54 Å². The maximum Gasteiger partial charge on any atom is 0.0991 e. The van der Waals surface area contributed by atoms with Crippen molar-refractivity contribution in [3.63, 3.8) is 0 Å². The molecule has 0 unspecified atom stereocenters. The topological polar surface area (TPSA) is 35.8 Å². The van der Waals surface area contributed by atoms with Crippen molar-refractivity contribution in [2.45, 2.75) is 19.4 Å². The molecule has 2 nitrogen and oxygen atoms in total. The zero-order valence-corrected chi connectivity index (χ0v) is 8.16. The van der Waals surface area contributed by atoms with Crippen LogP contribution in [0.4, 0.5) is 0 Å². The minimum atomic E-state index is 0.732. The quantitative estimate of drug-likeness (QED) is 0.781. The molecular weight excluding hydrogens is 172 g/mol. The third-order valence-corrected chi connectivity index (χ3v) is 2.54. The lowest BCUT2D eigenvalue weighted by Crippen LogP contribution is -2.15. The smallest absolute Gasteiger partial charge is 0.0991 e. The number of benzene rings is 1. The van der Waals surface area contributed by atoms with Gasteiger partial charge < -0.3 is 5.32 Å². The molecular formula is C12H14N2. The van der Waals surface area contributed by atoms with Gasteiger partial charge in [0.2, 0.25) is 0 Å². The molecule has 0 radical (unpaired) electrons. The lowest BCUT2D eigenvalue weighted by Gasteiger charge is -2.03. The standard InChI is InChI=1S/C12H14N2/c13-7-10-1-3-11(4-2-10)8-14-9-12-5-6-12/h1-4,12,14H,5-6,8-9H2. The fourth-order valence-corrected chi connectivity index (χ4v) is 1.44. The lowest BCUT2D eigenvalue weighted by atomic mass is 10.1. The van der Waals surface area contributed by atoms with Gasteiger partial charge >= 0.3 is 0 Å². The predicted octanol–water partition coefficient (Wildman–Crippen LogP) is 2.06. The van der Waals surface area contributed by atoms with Crippen molar-refractivity contribution in [1.29, 1.82) is 5.26 Å². The normalized spacial score (nSPS) is 15.1. The molecule has 2 rings (SSSR count). The molecule has 0 aliphatic heterocycles. The highest BCUT2D eigenvalue weighted by Crippen LogP contribution is 2.27. The van der Waals surface area contributed by atoms with Crippen molar-refractivity contribution in [3.05, 3.63) is 35.4 Å². The average molecular weight is 186 g/mol. The maximum atomic E-state index is 8.62. The number of nitrogens with one attached hydrogen (secondary N) is 1. The second kappa shape index (κ2) is 4.26. The van der Waals surface area contributed by atoms with Crippen LogP contribution in [0.1, 0.15) is 24.0 Å². The minimum absolute atomic E-state index is 0.732. The van der Waals surface area contributed by atoms with Crippen LogP contribution in [0.3, 0.4) is 0 Å². The molecule has 0 atom stereocenters. The Kier molecular flexibility index (Phi) is 2.81. The highest BCUT2D eigenvalue weighted by atomic mass is 14.9. The second-order valence-corrected chi connectivity index (χ2v) is 3.88. The highest BCUT2D eigenvalue weighted by Gasteiger charge is 2.19. The molecule has 0 heterocycles. The predicted molar refractivity (Wildman–Crippen MR) is 55.6 cm³/mol. The Balaban J connectivity index is 1.80. The highest BCUT2D eigenvalue weighted by molar-refractivity contribution is 5.31. The van der Waals surface area contributed by atoms with Gasteiger partial charge in [-0.2, -0.15) is 5.26 Å². The van der Waals surface area contributed by atoms with Crippen LogP contribution < -0.4 is 5.32 Å². The SMILES string of the molecule is N#Cc1ccc(CNCC2CC2)cc1. The van der Waals surface area contributed by atoms with Gasteiger partial charge in [0.15, 0.2) is 0 Å². The molecule has 1 fully saturated rings. The summed E-state index contributed by atoms with van der Waals surface area (Å²) < 4.78 is 0. The van der Waals surface area contributed by atoms with Crippen LogP contribution in [0.2, 0.25) is 0 Å². The maximum absolute atomic E-state index is 8.62. The molecule has 1 aromatic carbocycles. The molecule has 1 aliphatic carbocycles. The van der Waals surface area contributed by atoms with Gasteiger partial charge in [-0.05, 0) is 43.0 Å². The molecule has 0 spiro atoms. The zero-order valence-electron chi connectivity index (χ0n) is 8.16. The number of hydrogen-bond donors (Lipinski definition) is 1. The summed E-state index contributed by atoms with van der Waals surface area (Å²) in [5.74, 6) is 0.924. The summed E-state index contributed by atoms with van der Waals surface area (Å²) in [6, 6.07) is 9.88. The van der Waals surface area contributed by atoms with E-state index in [1.165, 1.54) is 18.4 Å². The van der Waals surface area contributed by atoms with E-state index in [-0.39, 0.29) is 0 Å². The van der Waals surface area contributed by atoms with E-state index in [2.05, 4.69) is 11.4 Å². The number of hydrogen-bond acceptors (Lipinski definition) is 2. The fourth-order valence-electron chi connectivity index (χ4n) is 1.44. The summed E-state index contributed by atoms with van der Waals surface area (Å²) in [7, 11) is 0. The first kappa shape index (κ1) is 9.23. The first-order chi connectivity index (χ1) is 6.88. The largest absolute Gasteiger partial charge is 0.312 e. The van der Waals surface area contributed by atoms with Crippen LogP contribution in [0.15, 0.2) is 24.3 Å². The molecule has 1 aromatic rings. The van der Waals surface area contributed by atoms with Gasteiger partial charge in [0.25, 0.3) is 0 Å². The monoisotopic (exact) mass is 186 g/mol. The lowest BCUT2D eigenvalue weighted by molar-refractivity contribution is 0.639. The molecule has 0 amide bonds. The number of nitrogens with zero attached hydrogens (tertiary/aromatic N) is 1. The van der Waals surface area contributed by atoms with E-state index in [1.54, 1.807) is 0 Å². The molecule has 1 saturated carbocycles. The van der Waals surface area contributed by atoms with Crippen molar-refractivity contribution in [2.75, 3.05) is 6.54 Å². The van der Waals surface area contributed by atoms with E-state index in [1.807, 2.05) is 24.3 Å². The van der Waals surface area contributed by atoms with Crippen LogP contribution in [0, 0.1) is 17.2 Å². The molecule has 1 aliphatic rings. The van der Waals surface area contributed by atoms with Crippen LogP contribution in [0.25, 0.3) is 0 Å². The van der Waals surface area contributed by atoms with Crippen molar-refractivity contribution in [3.8, 4) is 6.07 Å². The van der Waals surface area contributed by atoms with Gasteiger partial charge in [0.05, 0.1) is 11.6 Å². The summed E-state index contributed by atoms with van der Waals surface area (Å²) in [4.78, 5) is 0. The third-order valence-electron chi connectivity index (χ3n) is 2.54. The summed E-state index contributed by atoms with van der Waals surface area (Å²) in [5.41, 5.74) is 1.99. The van der Waals surface area contributed by atoms with E-state index in [4.69, 9.17) is 5.26 Å². The van der Waals surface area contributed by atoms with Crippen LogP contribution in [-0.2, 0) is 6.54 Å². The van der Waals surface area contributed by atoms with Crippen molar-refractivity contribution in [1.82, 2.24) is 5.32 Å². The van der Waals surface area contributed by atoms with Crippen LogP contribution >= 0.6 is 0 Å². The van der Waals surface area contributed by atoms with Gasteiger partial charge in [-0.1, -0.05) is 12.1 Å². The molecule has 2 heteroatoms. The third kappa shape index (κ3) is 2.58. The molecule has 14 heavy (non-hydrogen) atoms. The summed E-state index contributed by atoms with van der Waals surface area (Å²) in [6.07, 6.45) is 2.78. The number of rotatable bonds is 4. The van der Waals surface area contributed by atoms with Gasteiger partial charge in [-0.3, -0.25) is 0 Å². The first-order valence-electron chi connectivity index (χ1n) is 5.08. The molecule has 0 saturated heterocycles. The Labute approximate surface area is 84.6 Å². The fraction of sp³-hybridized carbons (Fsp3) is 0.417. The Hall–Kier alpha value is -1.33. The minimum Gasteiger partial charge on any atom is -0.312 e. The molecule has 72 valence electrons. The molecule has 0 bridgehead atoms. The van der Waals surface area contributed by atoms with E-state index in [0.29, 0.717) is 0 Å². The molecule has 1 N–H and O–H groups in total. The van der Waals surface area contributed by atoms with Gasteiger partial charge in [-0.25, -0.2) is 0 Å². The van der Waals surface area contributed by atoms with Crippen LogP contribution in [0.5, 0.6) is 0 Å². The average Bonchev–Trinajstić information content (AvgIpc) is 3.03. The summed E-state index contributed by atoms with van der Waals surface area (Å²) in [6.45, 7) is 2.06. The van der Waals surface area contributed by atoms with Gasteiger partial charge in [-0.15, -0.1) is 0 Å². The van der Waals surface area contributed by atoms with Crippen molar-refractivity contribution >= 4 is 0 Å². The van der Waals surface area contributed by atoms with Gasteiger partial charge in [0, 0.05) is 6.54 Å². The van der Waals surface area contributed by atoms with Gasteiger partial charge in [0.1, 0.15) is 0 Å². The zero-order chi connectivity index (χ0) is 9.80. The first-order valence-corrected chi connectivity index (χ1v) is 5.08. The van der Waals surface area contributed by atoms with Crippen molar-refractivity contribution in [2.24, 2.45) is 5.92 Å². The van der Waals surface area contributed by atoms with E-state index >= 15 is 0 Å². The number of nitriles is 1. The Morgan fingerprint density at radius 3 is 2.57 bits per heavy atom. The Bertz CT molecular complexity index is 330. The van der Waals surface area contributed by atoms with E-state index < -0.39 is 0 Å².